The number of carbonyl (C=O) groups is 1. The molecule has 2 aromatic rings. The lowest BCUT2D eigenvalue weighted by atomic mass is 9.82. The van der Waals surface area contributed by atoms with Crippen LogP contribution in [-0.2, 0) is 20.2 Å². The Bertz CT molecular complexity index is 954. The van der Waals surface area contributed by atoms with E-state index in [1.165, 1.54) is 18.3 Å². The van der Waals surface area contributed by atoms with Gasteiger partial charge in [-0.1, -0.05) is 12.1 Å². The average Bonchev–Trinajstić information content (AvgIpc) is 3.07. The van der Waals surface area contributed by atoms with Gasteiger partial charge in [-0.05, 0) is 44.4 Å². The predicted octanol–water partition coefficient (Wildman–Crippen LogP) is 2.60. The molecular formula is C19H25FN4O3S. The molecule has 3 rings (SSSR count). The summed E-state index contributed by atoms with van der Waals surface area (Å²) in [7, 11) is -3.42. The highest BCUT2D eigenvalue weighted by Crippen LogP contribution is 2.33. The molecular weight excluding hydrogens is 383 g/mol. The fourth-order valence-corrected chi connectivity index (χ4v) is 4.23. The largest absolute Gasteiger partial charge is 0.341 e. The number of hydrogen-bond donors (Lipinski definition) is 2. The van der Waals surface area contributed by atoms with Gasteiger partial charge in [0.1, 0.15) is 5.82 Å². The number of halogens is 1. The average molecular weight is 408 g/mol. The molecule has 0 unspecified atom stereocenters. The Labute approximate surface area is 164 Å². The van der Waals surface area contributed by atoms with Gasteiger partial charge in [-0.3, -0.25) is 14.6 Å². The van der Waals surface area contributed by atoms with E-state index in [2.05, 4.69) is 14.9 Å². The summed E-state index contributed by atoms with van der Waals surface area (Å²) in [6.07, 6.45) is 4.15. The van der Waals surface area contributed by atoms with E-state index in [0.29, 0.717) is 24.5 Å². The summed E-state index contributed by atoms with van der Waals surface area (Å²) in [5.41, 5.74) is 1.06. The number of nitrogens with one attached hydrogen (secondary N) is 2. The van der Waals surface area contributed by atoms with Gasteiger partial charge in [0.2, 0.25) is 15.9 Å². The van der Waals surface area contributed by atoms with E-state index in [0.717, 1.165) is 24.7 Å². The number of piperidine rings is 1. The molecule has 1 aromatic carbocycles. The second kappa shape index (κ2) is 7.54. The molecule has 2 N–H and O–H groups in total. The maximum atomic E-state index is 13.2. The molecule has 1 aromatic heterocycles. The van der Waals surface area contributed by atoms with Crippen LogP contribution in [0.1, 0.15) is 43.9 Å². The van der Waals surface area contributed by atoms with Gasteiger partial charge in [-0.15, -0.1) is 0 Å². The first-order valence-corrected chi connectivity index (χ1v) is 11.0. The minimum atomic E-state index is -3.42. The predicted molar refractivity (Wildman–Crippen MR) is 105 cm³/mol. The lowest BCUT2D eigenvalue weighted by Gasteiger charge is -2.37. The number of nitrogens with zero attached hydrogens (tertiary/aromatic N) is 2. The minimum Gasteiger partial charge on any atom is -0.341 e. The zero-order valence-electron chi connectivity index (χ0n) is 16.2. The number of anilines is 1. The van der Waals surface area contributed by atoms with Crippen LogP contribution in [0.4, 0.5) is 10.1 Å². The Morgan fingerprint density at radius 3 is 2.64 bits per heavy atom. The Morgan fingerprint density at radius 2 is 2.00 bits per heavy atom. The molecule has 0 radical (unpaired) electrons. The molecule has 2 heterocycles. The second-order valence-corrected chi connectivity index (χ2v) is 9.54. The number of sulfonamides is 1. The van der Waals surface area contributed by atoms with Crippen LogP contribution in [0.3, 0.4) is 0 Å². The molecule has 152 valence electrons. The summed E-state index contributed by atoms with van der Waals surface area (Å²) in [4.78, 5) is 15.0. The van der Waals surface area contributed by atoms with Gasteiger partial charge in [0.05, 0.1) is 29.2 Å². The molecule has 0 bridgehead atoms. The van der Waals surface area contributed by atoms with E-state index in [4.69, 9.17) is 0 Å². The van der Waals surface area contributed by atoms with Crippen molar-refractivity contribution < 1.29 is 17.6 Å². The Balaban J connectivity index is 1.79. The van der Waals surface area contributed by atoms with Crippen molar-refractivity contribution in [3.05, 3.63) is 47.5 Å². The molecule has 28 heavy (non-hydrogen) atoms. The SMILES string of the molecule is CC(C)(C(=O)N1CCC[C@H](c2[nH]ncc2NS(C)(=O)=O)C1)c1ccc(F)cc1. The van der Waals surface area contributed by atoms with Crippen LogP contribution < -0.4 is 4.72 Å². The van der Waals surface area contributed by atoms with Gasteiger partial charge in [0.15, 0.2) is 0 Å². The molecule has 1 atom stereocenters. The molecule has 9 heteroatoms. The number of carbonyl (C=O) groups excluding carboxylic acids is 1. The molecule has 0 saturated carbocycles. The van der Waals surface area contributed by atoms with Crippen molar-refractivity contribution in [3.63, 3.8) is 0 Å². The van der Waals surface area contributed by atoms with Crippen LogP contribution in [0.5, 0.6) is 0 Å². The molecule has 7 nitrogen and oxygen atoms in total. The van der Waals surface area contributed by atoms with Crippen molar-refractivity contribution in [1.82, 2.24) is 15.1 Å². The Morgan fingerprint density at radius 1 is 1.32 bits per heavy atom. The highest BCUT2D eigenvalue weighted by Gasteiger charge is 2.37. The number of amides is 1. The van der Waals surface area contributed by atoms with Crippen molar-refractivity contribution in [2.45, 2.75) is 38.0 Å². The third kappa shape index (κ3) is 4.35. The summed E-state index contributed by atoms with van der Waals surface area (Å²) in [6.45, 7) is 4.76. The van der Waals surface area contributed by atoms with Crippen molar-refractivity contribution in [2.24, 2.45) is 0 Å². The highest BCUT2D eigenvalue weighted by molar-refractivity contribution is 7.92. The monoisotopic (exact) mass is 408 g/mol. The highest BCUT2D eigenvalue weighted by atomic mass is 32.2. The summed E-state index contributed by atoms with van der Waals surface area (Å²) in [5.74, 6) is -0.426. The van der Waals surface area contributed by atoms with Crippen LogP contribution in [0.15, 0.2) is 30.5 Å². The van der Waals surface area contributed by atoms with Crippen molar-refractivity contribution >= 4 is 21.6 Å². The van der Waals surface area contributed by atoms with Gasteiger partial charge in [-0.2, -0.15) is 5.10 Å². The molecule has 1 fully saturated rings. The summed E-state index contributed by atoms with van der Waals surface area (Å²) >= 11 is 0. The number of benzene rings is 1. The standard InChI is InChI=1S/C19H25FN4O3S/c1-19(2,14-6-8-15(20)9-7-14)18(25)24-10-4-5-13(12-24)17-16(11-21-22-17)23-28(3,26)27/h6-9,11,13,23H,4-5,10,12H2,1-3H3,(H,21,22)/t13-/m0/s1. The molecule has 0 aliphatic carbocycles. The fraction of sp³-hybridized carbons (Fsp3) is 0.474. The lowest BCUT2D eigenvalue weighted by molar-refractivity contribution is -0.137. The van der Waals surface area contributed by atoms with E-state index in [-0.39, 0.29) is 17.6 Å². The molecule has 1 saturated heterocycles. The van der Waals surface area contributed by atoms with E-state index >= 15 is 0 Å². The number of rotatable bonds is 5. The normalized spacial score (nSPS) is 18.1. The van der Waals surface area contributed by atoms with Crippen LogP contribution in [-0.4, -0.2) is 48.8 Å². The number of likely N-dealkylation sites (tertiary alicyclic amines) is 1. The van der Waals surface area contributed by atoms with E-state index in [1.807, 2.05) is 13.8 Å². The lowest BCUT2D eigenvalue weighted by Crippen LogP contribution is -2.47. The first-order chi connectivity index (χ1) is 13.1. The minimum absolute atomic E-state index is 0.0408. The van der Waals surface area contributed by atoms with Crippen molar-refractivity contribution in [1.29, 1.82) is 0 Å². The fourth-order valence-electron chi connectivity index (χ4n) is 3.67. The molecule has 0 spiro atoms. The molecule has 1 aliphatic rings. The smallest absolute Gasteiger partial charge is 0.232 e. The zero-order chi connectivity index (χ0) is 20.5. The summed E-state index contributed by atoms with van der Waals surface area (Å²) in [6, 6.07) is 5.99. The van der Waals surface area contributed by atoms with E-state index in [1.54, 1.807) is 17.0 Å². The van der Waals surface area contributed by atoms with Gasteiger partial charge in [0, 0.05) is 19.0 Å². The van der Waals surface area contributed by atoms with Crippen LogP contribution in [0.2, 0.25) is 0 Å². The third-order valence-electron chi connectivity index (χ3n) is 5.18. The van der Waals surface area contributed by atoms with E-state index < -0.39 is 15.4 Å². The third-order valence-corrected chi connectivity index (χ3v) is 5.77. The number of H-pyrrole nitrogens is 1. The van der Waals surface area contributed by atoms with Crippen molar-refractivity contribution in [2.75, 3.05) is 24.1 Å². The quantitative estimate of drug-likeness (QED) is 0.795. The Hall–Kier alpha value is -2.42. The van der Waals surface area contributed by atoms with Crippen molar-refractivity contribution in [3.8, 4) is 0 Å². The molecule has 1 aliphatic heterocycles. The van der Waals surface area contributed by atoms with Crippen LogP contribution >= 0.6 is 0 Å². The summed E-state index contributed by atoms with van der Waals surface area (Å²) < 4.78 is 38.9. The first-order valence-electron chi connectivity index (χ1n) is 9.14. The number of aromatic amines is 1. The van der Waals surface area contributed by atoms with Crippen LogP contribution in [0, 0.1) is 5.82 Å². The van der Waals surface area contributed by atoms with E-state index in [9.17, 15) is 17.6 Å². The van der Waals surface area contributed by atoms with Gasteiger partial charge in [-0.25, -0.2) is 12.8 Å². The molecule has 1 amide bonds. The maximum absolute atomic E-state index is 13.2. The van der Waals surface area contributed by atoms with Crippen LogP contribution in [0.25, 0.3) is 0 Å². The topological polar surface area (TPSA) is 95.2 Å². The van der Waals surface area contributed by atoms with Gasteiger partial charge >= 0.3 is 0 Å². The second-order valence-electron chi connectivity index (χ2n) is 7.79. The maximum Gasteiger partial charge on any atom is 0.232 e. The van der Waals surface area contributed by atoms with Gasteiger partial charge in [0.25, 0.3) is 0 Å². The zero-order valence-corrected chi connectivity index (χ0v) is 17.0. The Kier molecular flexibility index (Phi) is 5.47. The number of aromatic nitrogens is 2. The summed E-state index contributed by atoms with van der Waals surface area (Å²) in [5, 5.41) is 6.84. The van der Waals surface area contributed by atoms with Gasteiger partial charge < -0.3 is 4.90 Å². The first kappa shape index (κ1) is 20.3. The number of hydrogen-bond acceptors (Lipinski definition) is 4.